The molecule has 3 rings (SSSR count). The minimum Gasteiger partial charge on any atom is -0.396 e. The van der Waals surface area contributed by atoms with Crippen molar-refractivity contribution in [1.29, 1.82) is 0 Å². The van der Waals surface area contributed by atoms with Crippen LogP contribution in [0.1, 0.15) is 41.9 Å². The molecule has 112 valence electrons. The van der Waals surface area contributed by atoms with Crippen LogP contribution in [0.5, 0.6) is 0 Å². The monoisotopic (exact) mass is 288 g/mol. The Hall–Kier alpha value is -2.31. The van der Waals surface area contributed by atoms with E-state index in [-0.39, 0.29) is 5.91 Å². The van der Waals surface area contributed by atoms with Gasteiger partial charge in [0, 0.05) is 43.6 Å². The van der Waals surface area contributed by atoms with Gasteiger partial charge in [0.1, 0.15) is 0 Å². The third kappa shape index (κ3) is 2.63. The fourth-order valence-corrected chi connectivity index (χ4v) is 2.82. The summed E-state index contributed by atoms with van der Waals surface area (Å²) in [6, 6.07) is 1.97. The molecular formula is C14H20N6O. The fraction of sp³-hybridized carbons (Fsp3) is 0.500. The zero-order chi connectivity index (χ0) is 14.8. The number of piperidine rings is 1. The number of aromatic nitrogens is 4. The van der Waals surface area contributed by atoms with E-state index in [9.17, 15) is 4.79 Å². The molecule has 3 N–H and O–H groups in total. The lowest BCUT2D eigenvalue weighted by molar-refractivity contribution is 0.0700. The second-order valence-electron chi connectivity index (χ2n) is 5.39. The molecule has 21 heavy (non-hydrogen) atoms. The van der Waals surface area contributed by atoms with Crippen molar-refractivity contribution >= 4 is 11.6 Å². The maximum Gasteiger partial charge on any atom is 0.276 e. The summed E-state index contributed by atoms with van der Waals surface area (Å²) in [5, 5.41) is 11.3. The molecule has 0 saturated carbocycles. The van der Waals surface area contributed by atoms with E-state index >= 15 is 0 Å². The number of H-pyrrole nitrogens is 1. The summed E-state index contributed by atoms with van der Waals surface area (Å²) in [6.45, 7) is 4.10. The highest BCUT2D eigenvalue weighted by Gasteiger charge is 2.28. The van der Waals surface area contributed by atoms with E-state index in [0.717, 1.165) is 25.1 Å². The van der Waals surface area contributed by atoms with Crippen LogP contribution in [0.3, 0.4) is 0 Å². The molecule has 1 atom stereocenters. The molecule has 7 heteroatoms. The number of anilines is 1. The standard InChI is InChI=1S/C14H20N6O/c1-2-20-9-11(15)13(18-20)14(21)19-7-3-4-10(8-19)12-5-6-16-17-12/h5-6,9-10H,2-4,7-8,15H2,1H3,(H,16,17). The number of nitrogens with zero attached hydrogens (tertiary/aromatic N) is 4. The van der Waals surface area contributed by atoms with Crippen molar-refractivity contribution in [3.8, 4) is 0 Å². The number of hydrogen-bond donors (Lipinski definition) is 2. The molecule has 1 fully saturated rings. The molecule has 0 bridgehead atoms. The van der Waals surface area contributed by atoms with Crippen LogP contribution in [0.15, 0.2) is 18.5 Å². The van der Waals surface area contributed by atoms with E-state index in [0.29, 0.717) is 30.4 Å². The molecule has 1 unspecified atom stereocenters. The first kappa shape index (κ1) is 13.7. The summed E-state index contributed by atoms with van der Waals surface area (Å²) >= 11 is 0. The van der Waals surface area contributed by atoms with Gasteiger partial charge in [-0.2, -0.15) is 10.2 Å². The van der Waals surface area contributed by atoms with Crippen LogP contribution in [0, 0.1) is 0 Å². The van der Waals surface area contributed by atoms with Gasteiger partial charge in [-0.15, -0.1) is 0 Å². The van der Waals surface area contributed by atoms with Gasteiger partial charge in [0.15, 0.2) is 5.69 Å². The number of amides is 1. The number of nitrogen functional groups attached to an aromatic ring is 1. The number of carbonyl (C=O) groups is 1. The van der Waals surface area contributed by atoms with Crippen molar-refractivity contribution < 1.29 is 4.79 Å². The Morgan fingerprint density at radius 3 is 3.10 bits per heavy atom. The van der Waals surface area contributed by atoms with Crippen LogP contribution < -0.4 is 5.73 Å². The summed E-state index contributed by atoms with van der Waals surface area (Å²) in [6.07, 6.45) is 5.50. The maximum absolute atomic E-state index is 12.6. The van der Waals surface area contributed by atoms with Gasteiger partial charge in [0.25, 0.3) is 5.91 Å². The number of nitrogens with two attached hydrogens (primary N) is 1. The van der Waals surface area contributed by atoms with E-state index in [1.165, 1.54) is 0 Å². The number of likely N-dealkylation sites (tertiary alicyclic amines) is 1. The Bertz CT molecular complexity index is 617. The SMILES string of the molecule is CCn1cc(N)c(C(=O)N2CCCC(c3ccn[nH]3)C2)n1. The van der Waals surface area contributed by atoms with Crippen molar-refractivity contribution in [3.63, 3.8) is 0 Å². The minimum absolute atomic E-state index is 0.0797. The molecule has 1 aliphatic rings. The van der Waals surface area contributed by atoms with Gasteiger partial charge < -0.3 is 10.6 Å². The summed E-state index contributed by atoms with van der Waals surface area (Å²) < 4.78 is 1.69. The predicted octanol–water partition coefficient (Wildman–Crippen LogP) is 1.23. The zero-order valence-electron chi connectivity index (χ0n) is 12.1. The highest BCUT2D eigenvalue weighted by atomic mass is 16.2. The lowest BCUT2D eigenvalue weighted by Gasteiger charge is -2.31. The van der Waals surface area contributed by atoms with E-state index in [4.69, 9.17) is 5.73 Å². The lowest BCUT2D eigenvalue weighted by atomic mass is 9.94. The topological polar surface area (TPSA) is 92.8 Å². The van der Waals surface area contributed by atoms with Crippen LogP contribution >= 0.6 is 0 Å². The molecule has 0 spiro atoms. The van der Waals surface area contributed by atoms with Gasteiger partial charge in [0.2, 0.25) is 0 Å². The highest BCUT2D eigenvalue weighted by molar-refractivity contribution is 5.97. The van der Waals surface area contributed by atoms with Crippen molar-refractivity contribution in [2.45, 2.75) is 32.2 Å². The average Bonchev–Trinajstić information content (AvgIpc) is 3.16. The highest BCUT2D eigenvalue weighted by Crippen LogP contribution is 2.26. The predicted molar refractivity (Wildman–Crippen MR) is 78.8 cm³/mol. The smallest absolute Gasteiger partial charge is 0.276 e. The van der Waals surface area contributed by atoms with Crippen molar-refractivity contribution in [2.75, 3.05) is 18.8 Å². The Morgan fingerprint density at radius 1 is 1.57 bits per heavy atom. The molecule has 1 amide bonds. The third-order valence-corrected chi connectivity index (χ3v) is 3.99. The Kier molecular flexibility index (Phi) is 3.64. The van der Waals surface area contributed by atoms with Gasteiger partial charge in [-0.3, -0.25) is 14.6 Å². The summed E-state index contributed by atoms with van der Waals surface area (Å²) in [4.78, 5) is 14.5. The first-order chi connectivity index (χ1) is 10.2. The second kappa shape index (κ2) is 5.59. The van der Waals surface area contributed by atoms with Crippen LogP contribution in [0.4, 0.5) is 5.69 Å². The first-order valence-electron chi connectivity index (χ1n) is 7.30. The van der Waals surface area contributed by atoms with Crippen LogP contribution in [0.2, 0.25) is 0 Å². The zero-order valence-corrected chi connectivity index (χ0v) is 12.1. The Labute approximate surface area is 123 Å². The quantitative estimate of drug-likeness (QED) is 0.888. The fourth-order valence-electron chi connectivity index (χ4n) is 2.82. The molecule has 0 aliphatic carbocycles. The number of aromatic amines is 1. The number of nitrogens with one attached hydrogen (secondary N) is 1. The van der Waals surface area contributed by atoms with Crippen LogP contribution in [-0.2, 0) is 6.54 Å². The molecule has 0 radical (unpaired) electrons. The van der Waals surface area contributed by atoms with E-state index < -0.39 is 0 Å². The maximum atomic E-state index is 12.6. The molecule has 2 aromatic heterocycles. The van der Waals surface area contributed by atoms with Gasteiger partial charge >= 0.3 is 0 Å². The minimum atomic E-state index is -0.0797. The normalized spacial score (nSPS) is 18.9. The summed E-state index contributed by atoms with van der Waals surface area (Å²) in [5.74, 6) is 0.226. The number of rotatable bonds is 3. The van der Waals surface area contributed by atoms with E-state index in [1.54, 1.807) is 17.1 Å². The average molecular weight is 288 g/mol. The number of carbonyl (C=O) groups excluding carboxylic acids is 1. The third-order valence-electron chi connectivity index (χ3n) is 3.99. The van der Waals surface area contributed by atoms with Crippen LogP contribution in [-0.4, -0.2) is 43.9 Å². The van der Waals surface area contributed by atoms with Gasteiger partial charge in [-0.1, -0.05) is 0 Å². The number of aryl methyl sites for hydroxylation is 1. The Balaban J connectivity index is 1.76. The molecular weight excluding hydrogens is 268 g/mol. The van der Waals surface area contributed by atoms with Gasteiger partial charge in [0.05, 0.1) is 5.69 Å². The summed E-state index contributed by atoms with van der Waals surface area (Å²) in [5.41, 5.74) is 7.80. The van der Waals surface area contributed by atoms with Crippen LogP contribution in [0.25, 0.3) is 0 Å². The lowest BCUT2D eigenvalue weighted by Crippen LogP contribution is -2.39. The molecule has 7 nitrogen and oxygen atoms in total. The van der Waals surface area contributed by atoms with Gasteiger partial charge in [-0.25, -0.2) is 0 Å². The molecule has 1 saturated heterocycles. The summed E-state index contributed by atoms with van der Waals surface area (Å²) in [7, 11) is 0. The Morgan fingerprint density at radius 2 is 2.43 bits per heavy atom. The first-order valence-corrected chi connectivity index (χ1v) is 7.30. The van der Waals surface area contributed by atoms with Gasteiger partial charge in [-0.05, 0) is 25.8 Å². The molecule has 0 aromatic carbocycles. The van der Waals surface area contributed by atoms with Crippen molar-refractivity contribution in [1.82, 2.24) is 24.9 Å². The van der Waals surface area contributed by atoms with Crippen molar-refractivity contribution in [2.24, 2.45) is 0 Å². The molecule has 1 aliphatic heterocycles. The van der Waals surface area contributed by atoms with Crippen molar-refractivity contribution in [3.05, 3.63) is 29.8 Å². The number of hydrogen-bond acceptors (Lipinski definition) is 4. The molecule has 2 aromatic rings. The van der Waals surface area contributed by atoms with E-state index in [1.807, 2.05) is 17.9 Å². The van der Waals surface area contributed by atoms with E-state index in [2.05, 4.69) is 15.3 Å². The largest absolute Gasteiger partial charge is 0.396 e. The second-order valence-corrected chi connectivity index (χ2v) is 5.39. The molecule has 3 heterocycles.